The van der Waals surface area contributed by atoms with Crippen LogP contribution in [0.5, 0.6) is 5.75 Å². The number of carbonyl (C=O) groups is 2. The molecule has 1 aromatic carbocycles. The molecule has 1 aromatic rings. The van der Waals surface area contributed by atoms with E-state index in [9.17, 15) is 9.59 Å². The molecular weight excluding hydrogens is 330 g/mol. The first-order chi connectivity index (χ1) is 9.31. The van der Waals surface area contributed by atoms with Gasteiger partial charge in [-0.2, -0.15) is 0 Å². The first-order valence-corrected chi connectivity index (χ1v) is 6.46. The predicted molar refractivity (Wildman–Crippen MR) is 75.2 cm³/mol. The monoisotopic (exact) mass is 340 g/mol. The van der Waals surface area contributed by atoms with Gasteiger partial charge in [-0.1, -0.05) is 34.8 Å². The van der Waals surface area contributed by atoms with E-state index in [0.29, 0.717) is 0 Å². The van der Waals surface area contributed by atoms with Gasteiger partial charge in [0.15, 0.2) is 6.61 Å². The molecule has 6 nitrogen and oxygen atoms in total. The molecule has 0 fully saturated rings. The van der Waals surface area contributed by atoms with E-state index >= 15 is 0 Å². The van der Waals surface area contributed by atoms with Gasteiger partial charge in [-0.15, -0.1) is 0 Å². The van der Waals surface area contributed by atoms with Crippen molar-refractivity contribution in [1.29, 1.82) is 0 Å². The number of rotatable bonds is 6. The minimum Gasteiger partial charge on any atom is -0.482 e. The van der Waals surface area contributed by atoms with E-state index in [0.717, 1.165) is 0 Å². The van der Waals surface area contributed by atoms with Crippen LogP contribution in [0.2, 0.25) is 15.1 Å². The molecule has 110 valence electrons. The second kappa shape index (κ2) is 7.54. The van der Waals surface area contributed by atoms with Crippen LogP contribution in [0.4, 0.5) is 0 Å². The Balaban J connectivity index is 2.49. The SMILES string of the molecule is NC(=O)C(O)CNC(=O)COc1cc(Cl)c(Cl)cc1Cl. The third-order valence-corrected chi connectivity index (χ3v) is 3.17. The van der Waals surface area contributed by atoms with Crippen molar-refractivity contribution < 1.29 is 19.4 Å². The Morgan fingerprint density at radius 2 is 1.85 bits per heavy atom. The topological polar surface area (TPSA) is 102 Å². The second-order valence-electron chi connectivity index (χ2n) is 3.71. The molecule has 0 saturated carbocycles. The number of nitrogens with two attached hydrogens (primary N) is 1. The van der Waals surface area contributed by atoms with Crippen LogP contribution in [0.25, 0.3) is 0 Å². The van der Waals surface area contributed by atoms with Gasteiger partial charge in [0.1, 0.15) is 11.9 Å². The van der Waals surface area contributed by atoms with Gasteiger partial charge in [0, 0.05) is 6.07 Å². The van der Waals surface area contributed by atoms with E-state index in [1.54, 1.807) is 0 Å². The van der Waals surface area contributed by atoms with Crippen LogP contribution in [0.3, 0.4) is 0 Å². The summed E-state index contributed by atoms with van der Waals surface area (Å²) in [6.45, 7) is -0.671. The minimum absolute atomic E-state index is 0.187. The van der Waals surface area contributed by atoms with E-state index in [-0.39, 0.29) is 34.0 Å². The zero-order valence-electron chi connectivity index (χ0n) is 10.0. The first kappa shape index (κ1) is 16.8. The second-order valence-corrected chi connectivity index (χ2v) is 4.93. The van der Waals surface area contributed by atoms with Gasteiger partial charge >= 0.3 is 0 Å². The molecule has 20 heavy (non-hydrogen) atoms. The maximum atomic E-state index is 11.4. The summed E-state index contributed by atoms with van der Waals surface area (Å²) in [6, 6.07) is 2.76. The Kier molecular flexibility index (Phi) is 6.35. The van der Waals surface area contributed by atoms with Gasteiger partial charge in [0.05, 0.1) is 21.6 Å². The van der Waals surface area contributed by atoms with E-state index < -0.39 is 17.9 Å². The number of nitrogens with one attached hydrogen (secondary N) is 1. The van der Waals surface area contributed by atoms with Crippen LogP contribution < -0.4 is 15.8 Å². The average Bonchev–Trinajstić information content (AvgIpc) is 2.38. The molecule has 0 heterocycles. The van der Waals surface area contributed by atoms with Crippen molar-refractivity contribution in [3.8, 4) is 5.75 Å². The molecule has 0 aromatic heterocycles. The van der Waals surface area contributed by atoms with Gasteiger partial charge in [-0.3, -0.25) is 9.59 Å². The van der Waals surface area contributed by atoms with Crippen molar-refractivity contribution in [2.75, 3.05) is 13.2 Å². The molecule has 2 amide bonds. The van der Waals surface area contributed by atoms with Crippen molar-refractivity contribution in [3.05, 3.63) is 27.2 Å². The molecule has 1 unspecified atom stereocenters. The number of amides is 2. The van der Waals surface area contributed by atoms with E-state index in [4.69, 9.17) is 50.4 Å². The molecule has 9 heteroatoms. The fourth-order valence-corrected chi connectivity index (χ4v) is 1.71. The molecule has 0 spiro atoms. The van der Waals surface area contributed by atoms with Gasteiger partial charge in [0.25, 0.3) is 5.91 Å². The number of hydrogen-bond donors (Lipinski definition) is 3. The first-order valence-electron chi connectivity index (χ1n) is 5.32. The average molecular weight is 342 g/mol. The normalized spacial score (nSPS) is 11.8. The molecule has 4 N–H and O–H groups in total. The van der Waals surface area contributed by atoms with Crippen LogP contribution in [0.15, 0.2) is 12.1 Å². The molecule has 0 aliphatic carbocycles. The summed E-state index contributed by atoms with van der Waals surface area (Å²) in [4.78, 5) is 22.0. The van der Waals surface area contributed by atoms with Crippen LogP contribution in [0, 0.1) is 0 Å². The van der Waals surface area contributed by atoms with E-state index in [1.165, 1.54) is 12.1 Å². The van der Waals surface area contributed by atoms with E-state index in [2.05, 4.69) is 5.32 Å². The lowest BCUT2D eigenvalue weighted by molar-refractivity contribution is -0.127. The zero-order valence-corrected chi connectivity index (χ0v) is 12.3. The zero-order chi connectivity index (χ0) is 15.3. The summed E-state index contributed by atoms with van der Waals surface area (Å²) < 4.78 is 5.14. The van der Waals surface area contributed by atoms with Crippen molar-refractivity contribution in [1.82, 2.24) is 5.32 Å². The van der Waals surface area contributed by atoms with Gasteiger partial charge in [-0.25, -0.2) is 0 Å². The highest BCUT2D eigenvalue weighted by atomic mass is 35.5. The Hall–Kier alpha value is -1.21. The van der Waals surface area contributed by atoms with Crippen molar-refractivity contribution in [2.24, 2.45) is 5.73 Å². The maximum absolute atomic E-state index is 11.4. The molecule has 0 bridgehead atoms. The largest absolute Gasteiger partial charge is 0.482 e. The number of hydrogen-bond acceptors (Lipinski definition) is 4. The van der Waals surface area contributed by atoms with Crippen LogP contribution in [-0.4, -0.2) is 36.2 Å². The summed E-state index contributed by atoms with van der Waals surface area (Å²) in [7, 11) is 0. The Bertz CT molecular complexity index is 525. The summed E-state index contributed by atoms with van der Waals surface area (Å²) in [5.41, 5.74) is 4.82. The van der Waals surface area contributed by atoms with Crippen molar-refractivity contribution in [2.45, 2.75) is 6.10 Å². The van der Waals surface area contributed by atoms with Crippen molar-refractivity contribution >= 4 is 46.6 Å². The van der Waals surface area contributed by atoms with Gasteiger partial charge < -0.3 is 20.9 Å². The smallest absolute Gasteiger partial charge is 0.258 e. The Morgan fingerprint density at radius 1 is 1.25 bits per heavy atom. The molecule has 0 aliphatic rings. The highest BCUT2D eigenvalue weighted by molar-refractivity contribution is 6.43. The number of aliphatic hydroxyl groups excluding tert-OH is 1. The number of ether oxygens (including phenoxy) is 1. The predicted octanol–water partition coefficient (Wildman–Crippen LogP) is 0.988. The van der Waals surface area contributed by atoms with Crippen LogP contribution in [0.1, 0.15) is 0 Å². The molecule has 0 radical (unpaired) electrons. The van der Waals surface area contributed by atoms with E-state index in [1.807, 2.05) is 0 Å². The lowest BCUT2D eigenvalue weighted by Crippen LogP contribution is -2.41. The van der Waals surface area contributed by atoms with Gasteiger partial charge in [-0.05, 0) is 6.07 Å². The molecule has 0 saturated heterocycles. The van der Waals surface area contributed by atoms with Crippen molar-refractivity contribution in [3.63, 3.8) is 0 Å². The molecule has 0 aliphatic heterocycles. The molecule has 1 atom stereocenters. The fraction of sp³-hybridized carbons (Fsp3) is 0.273. The van der Waals surface area contributed by atoms with Crippen LogP contribution >= 0.6 is 34.8 Å². The Labute approximate surface area is 129 Å². The highest BCUT2D eigenvalue weighted by Gasteiger charge is 2.13. The number of halogens is 3. The molecule has 1 rings (SSSR count). The lowest BCUT2D eigenvalue weighted by atomic mass is 10.3. The number of carbonyl (C=O) groups excluding carboxylic acids is 2. The summed E-state index contributed by atoms with van der Waals surface area (Å²) in [5, 5.41) is 12.0. The minimum atomic E-state index is -1.45. The third kappa shape index (κ3) is 5.05. The standard InChI is InChI=1S/C11H11Cl3N2O4/c12-5-1-7(14)9(2-6(5)13)20-4-10(18)16-3-8(17)11(15)19/h1-2,8,17H,3-4H2,(H2,15,19)(H,16,18). The highest BCUT2D eigenvalue weighted by Crippen LogP contribution is 2.33. The lowest BCUT2D eigenvalue weighted by Gasteiger charge is -2.11. The summed E-state index contributed by atoms with van der Waals surface area (Å²) >= 11 is 17.4. The maximum Gasteiger partial charge on any atom is 0.258 e. The Morgan fingerprint density at radius 3 is 2.45 bits per heavy atom. The summed E-state index contributed by atoms with van der Waals surface area (Å²) in [5.74, 6) is -1.31. The number of benzene rings is 1. The number of primary amides is 1. The fourth-order valence-electron chi connectivity index (χ4n) is 1.12. The van der Waals surface area contributed by atoms with Gasteiger partial charge in [0.2, 0.25) is 5.91 Å². The van der Waals surface area contributed by atoms with Crippen LogP contribution in [-0.2, 0) is 9.59 Å². The molecular formula is C11H11Cl3N2O4. The third-order valence-electron chi connectivity index (χ3n) is 2.15. The quantitative estimate of drug-likeness (QED) is 0.671. The number of aliphatic hydroxyl groups is 1. The summed E-state index contributed by atoms with van der Waals surface area (Å²) in [6.07, 6.45) is -1.45.